The monoisotopic (exact) mass is 117 g/mol. The molecule has 0 spiro atoms. The largest absolute Gasteiger partial charge is 0.359 e. The molecule has 0 radical (unpaired) electrons. The van der Waals surface area contributed by atoms with Crippen molar-refractivity contribution in [3.8, 4) is 0 Å². The van der Waals surface area contributed by atoms with E-state index in [9.17, 15) is 0 Å². The van der Waals surface area contributed by atoms with Crippen LogP contribution in [0.15, 0.2) is 0 Å². The zero-order valence-electron chi connectivity index (χ0n) is 4.80. The van der Waals surface area contributed by atoms with Gasteiger partial charge >= 0.3 is 5.84 Å². The van der Waals surface area contributed by atoms with Crippen LogP contribution in [0.1, 0.15) is 6.92 Å². The Bertz CT molecular complexity index is 102. The van der Waals surface area contributed by atoms with E-state index in [-0.39, 0.29) is 0 Å². The molecular formula is C4H9N2S+. The van der Waals surface area contributed by atoms with Gasteiger partial charge in [0.25, 0.3) is 12.4 Å². The summed E-state index contributed by atoms with van der Waals surface area (Å²) in [6.45, 7) is 1.87. The van der Waals surface area contributed by atoms with E-state index in [1.165, 1.54) is 0 Å². The SMILES string of the molecule is CC(=[N+]=S)N(C)C. The van der Waals surface area contributed by atoms with Crippen LogP contribution in [0.5, 0.6) is 0 Å². The minimum atomic E-state index is 0.870. The van der Waals surface area contributed by atoms with Crippen molar-refractivity contribution in [3.05, 3.63) is 0 Å². The first-order chi connectivity index (χ1) is 3.18. The van der Waals surface area contributed by atoms with Crippen molar-refractivity contribution in [3.63, 3.8) is 0 Å². The summed E-state index contributed by atoms with van der Waals surface area (Å²) in [4.78, 5) is 1.87. The van der Waals surface area contributed by atoms with Crippen molar-refractivity contribution in [2.75, 3.05) is 14.1 Å². The average molecular weight is 117 g/mol. The number of rotatable bonds is 0. The molecule has 0 aromatic carbocycles. The maximum absolute atomic E-state index is 4.40. The van der Waals surface area contributed by atoms with Crippen molar-refractivity contribution >= 4 is 18.3 Å². The molecule has 0 N–H and O–H groups in total. The van der Waals surface area contributed by atoms with Gasteiger partial charge in [-0.1, -0.05) is 0 Å². The van der Waals surface area contributed by atoms with Gasteiger partial charge in [0.1, 0.15) is 0 Å². The highest BCUT2D eigenvalue weighted by atomic mass is 32.1. The van der Waals surface area contributed by atoms with Crippen LogP contribution in [-0.4, -0.2) is 24.8 Å². The second-order valence-corrected chi connectivity index (χ2v) is 1.72. The van der Waals surface area contributed by atoms with Gasteiger partial charge in [-0.05, 0) is 0 Å². The van der Waals surface area contributed by atoms with Crippen LogP contribution in [0.3, 0.4) is 0 Å². The van der Waals surface area contributed by atoms with Crippen LogP contribution in [0, 0.1) is 0 Å². The Balaban J connectivity index is 3.81. The molecule has 3 heteroatoms. The minimum absolute atomic E-state index is 0.870. The predicted molar refractivity (Wildman–Crippen MR) is 33.9 cm³/mol. The second kappa shape index (κ2) is 2.72. The summed E-state index contributed by atoms with van der Waals surface area (Å²) in [6, 6.07) is 0. The van der Waals surface area contributed by atoms with E-state index in [2.05, 4.69) is 16.5 Å². The Hall–Kier alpha value is -0.400. The molecule has 7 heavy (non-hydrogen) atoms. The normalized spacial score (nSPS) is 7.29. The molecule has 0 saturated heterocycles. The Kier molecular flexibility index (Phi) is 2.56. The molecule has 0 fully saturated rings. The lowest BCUT2D eigenvalue weighted by Crippen LogP contribution is -2.19. The van der Waals surface area contributed by atoms with Gasteiger partial charge in [0.05, 0.1) is 21.0 Å². The third-order valence-corrected chi connectivity index (χ3v) is 1.04. The predicted octanol–water partition coefficient (Wildman–Crippen LogP) is -0.236. The molecule has 40 valence electrons. The smallest absolute Gasteiger partial charge is 0.256 e. The van der Waals surface area contributed by atoms with Crippen molar-refractivity contribution in [2.24, 2.45) is 0 Å². The molecule has 0 rings (SSSR count). The second-order valence-electron chi connectivity index (χ2n) is 1.53. The first kappa shape index (κ1) is 6.60. The van der Waals surface area contributed by atoms with Gasteiger partial charge in [0, 0.05) is 0 Å². The topological polar surface area (TPSA) is 17.3 Å². The van der Waals surface area contributed by atoms with Crippen LogP contribution in [-0.2, 0) is 12.4 Å². The van der Waals surface area contributed by atoms with Gasteiger partial charge in [0.15, 0.2) is 0 Å². The Morgan fingerprint density at radius 2 is 2.00 bits per heavy atom. The molecule has 2 nitrogen and oxygen atoms in total. The van der Waals surface area contributed by atoms with E-state index in [1.807, 2.05) is 25.9 Å². The first-order valence-corrected chi connectivity index (χ1v) is 2.39. The van der Waals surface area contributed by atoms with E-state index in [1.54, 1.807) is 0 Å². The van der Waals surface area contributed by atoms with E-state index >= 15 is 0 Å². The van der Waals surface area contributed by atoms with E-state index in [0.717, 1.165) is 5.84 Å². The Labute approximate surface area is 49.0 Å². The number of hydrogen-bond acceptors (Lipinski definition) is 1. The molecule has 0 aliphatic carbocycles. The quantitative estimate of drug-likeness (QED) is 0.247. The van der Waals surface area contributed by atoms with Crippen molar-refractivity contribution in [1.82, 2.24) is 8.94 Å². The van der Waals surface area contributed by atoms with Gasteiger partial charge in [-0.2, -0.15) is 0 Å². The lowest BCUT2D eigenvalue weighted by Gasteiger charge is -1.93. The van der Waals surface area contributed by atoms with E-state index in [4.69, 9.17) is 0 Å². The molecule has 0 saturated carbocycles. The zero-order valence-corrected chi connectivity index (χ0v) is 5.62. The van der Waals surface area contributed by atoms with Crippen molar-refractivity contribution in [1.29, 1.82) is 0 Å². The maximum Gasteiger partial charge on any atom is 0.359 e. The van der Waals surface area contributed by atoms with E-state index < -0.39 is 0 Å². The number of hydrogen-bond donors (Lipinski definition) is 0. The summed E-state index contributed by atoms with van der Waals surface area (Å²) >= 11 is 4.40. The van der Waals surface area contributed by atoms with Crippen LogP contribution < -0.4 is 4.04 Å². The molecule has 0 atom stereocenters. The van der Waals surface area contributed by atoms with Crippen molar-refractivity contribution < 1.29 is 0 Å². The van der Waals surface area contributed by atoms with Gasteiger partial charge in [-0.15, -0.1) is 4.04 Å². The third-order valence-electron chi connectivity index (χ3n) is 0.779. The Morgan fingerprint density at radius 3 is 2.00 bits per heavy atom. The highest BCUT2D eigenvalue weighted by Crippen LogP contribution is 1.69. The molecule has 0 aromatic rings. The van der Waals surface area contributed by atoms with Crippen molar-refractivity contribution in [2.45, 2.75) is 6.92 Å². The summed E-state index contributed by atoms with van der Waals surface area (Å²) in [6.07, 6.45) is 0. The average Bonchev–Trinajstić information content (AvgIpc) is 1.65. The fraction of sp³-hybridized carbons (Fsp3) is 0.750. The minimum Gasteiger partial charge on any atom is -0.256 e. The molecule has 0 aliphatic heterocycles. The summed E-state index contributed by atoms with van der Waals surface area (Å²) in [5, 5.41) is 0. The van der Waals surface area contributed by atoms with Gasteiger partial charge < -0.3 is 0 Å². The summed E-state index contributed by atoms with van der Waals surface area (Å²) < 4.78 is 3.51. The Morgan fingerprint density at radius 1 is 1.57 bits per heavy atom. The highest BCUT2D eigenvalue weighted by molar-refractivity contribution is 7.46. The number of nitrogens with zero attached hydrogens (tertiary/aromatic N) is 2. The van der Waals surface area contributed by atoms with Crippen LogP contribution in [0.2, 0.25) is 0 Å². The fourth-order valence-corrected chi connectivity index (χ4v) is 0.245. The summed E-state index contributed by atoms with van der Waals surface area (Å²) in [5.74, 6) is 0.870. The van der Waals surface area contributed by atoms with Gasteiger partial charge in [0.2, 0.25) is 0 Å². The lowest BCUT2D eigenvalue weighted by atomic mass is 10.6. The molecule has 0 bridgehead atoms. The molecular weight excluding hydrogens is 108 g/mol. The van der Waals surface area contributed by atoms with Crippen LogP contribution in [0.25, 0.3) is 0 Å². The zero-order chi connectivity index (χ0) is 5.86. The summed E-state index contributed by atoms with van der Waals surface area (Å²) in [7, 11) is 3.82. The highest BCUT2D eigenvalue weighted by Gasteiger charge is 1.99. The van der Waals surface area contributed by atoms with Gasteiger partial charge in [-0.25, -0.2) is 0 Å². The van der Waals surface area contributed by atoms with Crippen LogP contribution in [0.4, 0.5) is 0 Å². The molecule has 0 amide bonds. The van der Waals surface area contributed by atoms with Crippen LogP contribution >= 0.6 is 0 Å². The molecule has 0 aliphatic rings. The third kappa shape index (κ3) is 2.31. The molecule has 0 aromatic heterocycles. The number of amidine groups is 1. The first-order valence-electron chi connectivity index (χ1n) is 2.02. The van der Waals surface area contributed by atoms with E-state index in [0.29, 0.717) is 0 Å². The standard InChI is InChI=1S/C4H9N2S/c1-4(5-7)6(2)3/h1-3H3/q+1. The lowest BCUT2D eigenvalue weighted by molar-refractivity contribution is 0.618. The summed E-state index contributed by atoms with van der Waals surface area (Å²) in [5.41, 5.74) is 0. The fourth-order valence-electron chi connectivity index (χ4n) is 0.0816. The maximum atomic E-state index is 4.40. The molecule has 0 unspecified atom stereocenters. The van der Waals surface area contributed by atoms with Gasteiger partial charge in [-0.3, -0.25) is 4.90 Å². The molecule has 0 heterocycles.